The second-order valence-electron chi connectivity index (χ2n) is 3.02. The van der Waals surface area contributed by atoms with Crippen molar-refractivity contribution in [1.29, 1.82) is 0 Å². The first kappa shape index (κ1) is 10.1. The van der Waals surface area contributed by atoms with Gasteiger partial charge in [-0.15, -0.1) is 0 Å². The van der Waals surface area contributed by atoms with E-state index in [1.165, 1.54) is 24.5 Å². The number of aromatic nitrogens is 3. The molecule has 1 aromatic heterocycles. The van der Waals surface area contributed by atoms with Crippen LogP contribution >= 0.6 is 0 Å². The number of nitrogen functional groups attached to an aromatic ring is 1. The number of aromatic amines is 1. The molecule has 2 aromatic rings. The van der Waals surface area contributed by atoms with E-state index in [9.17, 15) is 9.18 Å². The molecule has 7 heteroatoms. The van der Waals surface area contributed by atoms with Crippen molar-refractivity contribution in [1.82, 2.24) is 15.2 Å². The zero-order valence-corrected chi connectivity index (χ0v) is 8.07. The predicted molar refractivity (Wildman–Crippen MR) is 55.1 cm³/mol. The third-order valence-corrected chi connectivity index (χ3v) is 1.88. The molecule has 0 unspecified atom stereocenters. The summed E-state index contributed by atoms with van der Waals surface area (Å²) in [5, 5.41) is 8.43. The lowest BCUT2D eigenvalue weighted by molar-refractivity contribution is 0.101. The molecule has 0 atom stereocenters. The van der Waals surface area contributed by atoms with Crippen LogP contribution in [-0.4, -0.2) is 21.1 Å². The van der Waals surface area contributed by atoms with E-state index in [0.717, 1.165) is 0 Å². The van der Waals surface area contributed by atoms with E-state index in [2.05, 4.69) is 20.5 Å². The van der Waals surface area contributed by atoms with Gasteiger partial charge in [0.2, 0.25) is 5.82 Å². The first-order chi connectivity index (χ1) is 7.66. The molecule has 2 rings (SSSR count). The molecule has 0 bridgehead atoms. The molecule has 1 aromatic carbocycles. The molecule has 0 saturated carbocycles. The average molecular weight is 221 g/mol. The van der Waals surface area contributed by atoms with E-state index < -0.39 is 11.7 Å². The van der Waals surface area contributed by atoms with Crippen molar-refractivity contribution in [2.24, 2.45) is 0 Å². The van der Waals surface area contributed by atoms with Crippen LogP contribution in [0.25, 0.3) is 0 Å². The Hall–Kier alpha value is -2.44. The minimum Gasteiger partial charge on any atom is -0.396 e. The van der Waals surface area contributed by atoms with Crippen LogP contribution in [0.4, 0.5) is 15.8 Å². The Labute approximate surface area is 89.7 Å². The molecule has 0 aliphatic carbocycles. The van der Waals surface area contributed by atoms with Gasteiger partial charge < -0.3 is 11.1 Å². The average Bonchev–Trinajstić information content (AvgIpc) is 2.77. The van der Waals surface area contributed by atoms with Crippen LogP contribution < -0.4 is 11.1 Å². The molecule has 0 radical (unpaired) electrons. The van der Waals surface area contributed by atoms with E-state index in [0.29, 0.717) is 5.69 Å². The van der Waals surface area contributed by atoms with Crippen LogP contribution in [0.5, 0.6) is 0 Å². The smallest absolute Gasteiger partial charge is 0.292 e. The fourth-order valence-electron chi connectivity index (χ4n) is 1.13. The van der Waals surface area contributed by atoms with Gasteiger partial charge in [-0.05, 0) is 18.2 Å². The molecule has 0 saturated heterocycles. The number of hydrogen-bond donors (Lipinski definition) is 3. The number of nitrogens with one attached hydrogen (secondary N) is 2. The molecule has 0 fully saturated rings. The first-order valence-corrected chi connectivity index (χ1v) is 4.38. The number of benzene rings is 1. The second-order valence-corrected chi connectivity index (χ2v) is 3.02. The number of carbonyl (C=O) groups is 1. The van der Waals surface area contributed by atoms with Gasteiger partial charge in [-0.3, -0.25) is 9.89 Å². The molecule has 6 nitrogen and oxygen atoms in total. The SMILES string of the molecule is Nc1cc(NC(=O)c2ncn[nH]2)ccc1F. The minimum atomic E-state index is -0.530. The molecule has 1 heterocycles. The van der Waals surface area contributed by atoms with Crippen LogP contribution in [0.2, 0.25) is 0 Å². The second kappa shape index (κ2) is 3.97. The summed E-state index contributed by atoms with van der Waals surface area (Å²) in [5.41, 5.74) is 5.71. The van der Waals surface area contributed by atoms with E-state index in [1.54, 1.807) is 0 Å². The van der Waals surface area contributed by atoms with Gasteiger partial charge in [-0.2, -0.15) is 5.10 Å². The number of anilines is 2. The zero-order valence-electron chi connectivity index (χ0n) is 8.07. The molecule has 82 valence electrons. The van der Waals surface area contributed by atoms with Gasteiger partial charge in [0.1, 0.15) is 12.1 Å². The zero-order chi connectivity index (χ0) is 11.5. The van der Waals surface area contributed by atoms with Crippen LogP contribution in [0.3, 0.4) is 0 Å². The Balaban J connectivity index is 2.15. The molecule has 0 aliphatic rings. The maximum atomic E-state index is 12.8. The highest BCUT2D eigenvalue weighted by atomic mass is 19.1. The Kier molecular flexibility index (Phi) is 2.50. The van der Waals surface area contributed by atoms with Crippen molar-refractivity contribution in [3.8, 4) is 0 Å². The number of halogens is 1. The van der Waals surface area contributed by atoms with E-state index in [1.807, 2.05) is 0 Å². The van der Waals surface area contributed by atoms with E-state index in [-0.39, 0.29) is 11.5 Å². The number of nitrogens with two attached hydrogens (primary N) is 1. The van der Waals surface area contributed by atoms with Gasteiger partial charge in [0.15, 0.2) is 0 Å². The number of carbonyl (C=O) groups excluding carboxylic acids is 1. The number of rotatable bonds is 2. The van der Waals surface area contributed by atoms with Gasteiger partial charge in [-0.25, -0.2) is 9.37 Å². The summed E-state index contributed by atoms with van der Waals surface area (Å²) in [6.07, 6.45) is 1.22. The lowest BCUT2D eigenvalue weighted by atomic mass is 10.2. The predicted octanol–water partition coefficient (Wildman–Crippen LogP) is 0.778. The van der Waals surface area contributed by atoms with Crippen LogP contribution in [0, 0.1) is 5.82 Å². The molecule has 4 N–H and O–H groups in total. The van der Waals surface area contributed by atoms with Crippen molar-refractivity contribution in [3.05, 3.63) is 36.2 Å². The quantitative estimate of drug-likeness (QED) is 0.653. The number of H-pyrrole nitrogens is 1. The Morgan fingerprint density at radius 3 is 2.94 bits per heavy atom. The molecular formula is C9H8FN5O. The Morgan fingerprint density at radius 1 is 1.50 bits per heavy atom. The molecule has 1 amide bonds. The van der Waals surface area contributed by atoms with Gasteiger partial charge >= 0.3 is 0 Å². The summed E-state index contributed by atoms with van der Waals surface area (Å²) < 4.78 is 12.8. The van der Waals surface area contributed by atoms with Gasteiger partial charge in [0, 0.05) is 5.69 Å². The van der Waals surface area contributed by atoms with Gasteiger partial charge in [-0.1, -0.05) is 0 Å². The van der Waals surface area contributed by atoms with Crippen LogP contribution in [0.1, 0.15) is 10.6 Å². The lowest BCUT2D eigenvalue weighted by Crippen LogP contribution is -2.14. The normalized spacial score (nSPS) is 10.1. The summed E-state index contributed by atoms with van der Waals surface area (Å²) in [6, 6.07) is 3.90. The summed E-state index contributed by atoms with van der Waals surface area (Å²) >= 11 is 0. The number of hydrogen-bond acceptors (Lipinski definition) is 4. The molecular weight excluding hydrogens is 213 g/mol. The maximum absolute atomic E-state index is 12.8. The van der Waals surface area contributed by atoms with Crippen molar-refractivity contribution < 1.29 is 9.18 Å². The van der Waals surface area contributed by atoms with Crippen molar-refractivity contribution in [2.75, 3.05) is 11.1 Å². The fraction of sp³-hybridized carbons (Fsp3) is 0. The topological polar surface area (TPSA) is 96.7 Å². The van der Waals surface area contributed by atoms with E-state index >= 15 is 0 Å². The summed E-state index contributed by atoms with van der Waals surface area (Å²) in [5.74, 6) is -0.927. The monoisotopic (exact) mass is 221 g/mol. The summed E-state index contributed by atoms with van der Waals surface area (Å²) in [4.78, 5) is 15.2. The van der Waals surface area contributed by atoms with Crippen LogP contribution in [-0.2, 0) is 0 Å². The van der Waals surface area contributed by atoms with E-state index in [4.69, 9.17) is 5.73 Å². The Morgan fingerprint density at radius 2 is 2.31 bits per heavy atom. The third kappa shape index (κ3) is 1.97. The maximum Gasteiger partial charge on any atom is 0.292 e. The largest absolute Gasteiger partial charge is 0.396 e. The van der Waals surface area contributed by atoms with Gasteiger partial charge in [0.25, 0.3) is 5.91 Å². The number of amides is 1. The van der Waals surface area contributed by atoms with Gasteiger partial charge in [0.05, 0.1) is 5.69 Å². The highest BCUT2D eigenvalue weighted by Gasteiger charge is 2.09. The fourth-order valence-corrected chi connectivity index (χ4v) is 1.13. The minimum absolute atomic E-state index is 0.0321. The number of nitrogens with zero attached hydrogens (tertiary/aromatic N) is 2. The van der Waals surface area contributed by atoms with Crippen LogP contribution in [0.15, 0.2) is 24.5 Å². The highest BCUT2D eigenvalue weighted by molar-refractivity contribution is 6.01. The first-order valence-electron chi connectivity index (χ1n) is 4.38. The van der Waals surface area contributed by atoms with Crippen molar-refractivity contribution >= 4 is 17.3 Å². The molecule has 0 spiro atoms. The van der Waals surface area contributed by atoms with Crippen molar-refractivity contribution in [2.45, 2.75) is 0 Å². The lowest BCUT2D eigenvalue weighted by Gasteiger charge is -2.04. The Bertz CT molecular complexity index is 511. The summed E-state index contributed by atoms with van der Waals surface area (Å²) in [7, 11) is 0. The molecule has 0 aliphatic heterocycles. The summed E-state index contributed by atoms with van der Waals surface area (Å²) in [6.45, 7) is 0. The molecule has 16 heavy (non-hydrogen) atoms. The third-order valence-electron chi connectivity index (χ3n) is 1.88. The van der Waals surface area contributed by atoms with Crippen molar-refractivity contribution in [3.63, 3.8) is 0 Å². The highest BCUT2D eigenvalue weighted by Crippen LogP contribution is 2.16. The standard InChI is InChI=1S/C9H8FN5O/c10-6-2-1-5(3-7(6)11)14-9(16)8-12-4-13-15-8/h1-4H,11H2,(H,14,16)(H,12,13,15).